The van der Waals surface area contributed by atoms with E-state index in [-0.39, 0.29) is 24.2 Å². The fourth-order valence-corrected chi connectivity index (χ4v) is 2.04. The van der Waals surface area contributed by atoms with E-state index in [0.29, 0.717) is 19.5 Å². The van der Waals surface area contributed by atoms with Gasteiger partial charge in [0, 0.05) is 31.9 Å². The highest BCUT2D eigenvalue weighted by molar-refractivity contribution is 5.86. The van der Waals surface area contributed by atoms with Crippen LogP contribution in [0.15, 0.2) is 18.7 Å². The van der Waals surface area contributed by atoms with Crippen LogP contribution in [0.25, 0.3) is 0 Å². The molecule has 1 aromatic rings. The molecule has 1 amide bonds. The zero-order chi connectivity index (χ0) is 13.0. The molecule has 0 N–H and O–H groups in total. The highest BCUT2D eigenvalue weighted by Gasteiger charge is 2.34. The number of esters is 1. The number of amides is 1. The fourth-order valence-electron chi connectivity index (χ4n) is 2.04. The summed E-state index contributed by atoms with van der Waals surface area (Å²) in [5.74, 6) is -0.634. The molecule has 0 bridgehead atoms. The molecule has 0 radical (unpaired) electrons. The van der Waals surface area contributed by atoms with Gasteiger partial charge < -0.3 is 9.64 Å². The molecule has 1 aliphatic rings. The summed E-state index contributed by atoms with van der Waals surface area (Å²) >= 11 is 0. The van der Waals surface area contributed by atoms with Crippen LogP contribution < -0.4 is 0 Å². The first-order chi connectivity index (χ1) is 8.70. The number of methoxy groups -OCH3 is 1. The lowest BCUT2D eigenvalue weighted by atomic mass is 10.1. The Morgan fingerprint density at radius 1 is 1.50 bits per heavy atom. The smallest absolute Gasteiger partial charge is 0.310 e. The molecule has 0 saturated carbocycles. The van der Waals surface area contributed by atoms with E-state index < -0.39 is 0 Å². The van der Waals surface area contributed by atoms with Gasteiger partial charge in [0.1, 0.15) is 6.33 Å². The fraction of sp³-hybridized carbons (Fsp3) is 0.500. The minimum Gasteiger partial charge on any atom is -0.469 e. The Morgan fingerprint density at radius 3 is 2.89 bits per heavy atom. The van der Waals surface area contributed by atoms with Crippen molar-refractivity contribution in [1.82, 2.24) is 14.9 Å². The number of carbonyl (C=O) groups is 2. The van der Waals surface area contributed by atoms with Gasteiger partial charge >= 0.3 is 5.97 Å². The number of nitrogens with zero attached hydrogens (tertiary/aromatic N) is 3. The lowest BCUT2D eigenvalue weighted by Crippen LogP contribution is -2.28. The second-order valence-electron chi connectivity index (χ2n) is 4.26. The van der Waals surface area contributed by atoms with Gasteiger partial charge in [0.05, 0.1) is 13.0 Å². The third kappa shape index (κ3) is 2.82. The number of hydrogen-bond donors (Lipinski definition) is 0. The minimum atomic E-state index is -0.325. The van der Waals surface area contributed by atoms with Crippen LogP contribution in [0.5, 0.6) is 0 Å². The van der Waals surface area contributed by atoms with Gasteiger partial charge in [-0.15, -0.1) is 0 Å². The molecule has 2 heterocycles. The standard InChI is InChI=1S/C12H15N3O3/c1-18-12(17)10-4-11(16)15(7-10)3-2-9-5-13-8-14-6-9/h5-6,8,10H,2-4,7H2,1H3. The predicted octanol–water partition coefficient (Wildman–Crippen LogP) is 0.0406. The van der Waals surface area contributed by atoms with E-state index in [1.54, 1.807) is 17.3 Å². The van der Waals surface area contributed by atoms with Gasteiger partial charge in [-0.1, -0.05) is 0 Å². The Hall–Kier alpha value is -1.98. The Balaban J connectivity index is 1.87. The largest absolute Gasteiger partial charge is 0.469 e. The number of ether oxygens (including phenoxy) is 1. The summed E-state index contributed by atoms with van der Waals surface area (Å²) in [6, 6.07) is 0. The van der Waals surface area contributed by atoms with E-state index in [0.717, 1.165) is 5.56 Å². The third-order valence-corrected chi connectivity index (χ3v) is 3.03. The lowest BCUT2D eigenvalue weighted by Gasteiger charge is -2.15. The summed E-state index contributed by atoms with van der Waals surface area (Å²) in [5, 5.41) is 0. The van der Waals surface area contributed by atoms with Crippen LogP contribution in [0.4, 0.5) is 0 Å². The van der Waals surface area contributed by atoms with Crippen molar-refractivity contribution in [2.75, 3.05) is 20.2 Å². The minimum absolute atomic E-state index is 0.00208. The van der Waals surface area contributed by atoms with Crippen molar-refractivity contribution < 1.29 is 14.3 Å². The Morgan fingerprint density at radius 2 is 2.22 bits per heavy atom. The molecule has 6 heteroatoms. The molecule has 0 spiro atoms. The number of likely N-dealkylation sites (tertiary alicyclic amines) is 1. The van der Waals surface area contributed by atoms with Gasteiger partial charge in [-0.3, -0.25) is 9.59 Å². The van der Waals surface area contributed by atoms with Crippen molar-refractivity contribution in [3.63, 3.8) is 0 Å². The molecule has 6 nitrogen and oxygen atoms in total. The summed E-state index contributed by atoms with van der Waals surface area (Å²) in [5.41, 5.74) is 0.979. The van der Waals surface area contributed by atoms with E-state index in [2.05, 4.69) is 14.7 Å². The molecular formula is C12H15N3O3. The van der Waals surface area contributed by atoms with Gasteiger partial charge in [0.25, 0.3) is 0 Å². The first kappa shape index (κ1) is 12.5. The zero-order valence-corrected chi connectivity index (χ0v) is 10.2. The van der Waals surface area contributed by atoms with E-state index >= 15 is 0 Å². The molecule has 1 saturated heterocycles. The second-order valence-corrected chi connectivity index (χ2v) is 4.26. The van der Waals surface area contributed by atoms with Crippen LogP contribution >= 0.6 is 0 Å². The third-order valence-electron chi connectivity index (χ3n) is 3.03. The first-order valence-corrected chi connectivity index (χ1v) is 5.80. The van der Waals surface area contributed by atoms with Crippen LogP contribution in [0.3, 0.4) is 0 Å². The van der Waals surface area contributed by atoms with Gasteiger partial charge in [-0.05, 0) is 12.0 Å². The lowest BCUT2D eigenvalue weighted by molar-refractivity contribution is -0.145. The van der Waals surface area contributed by atoms with Crippen molar-refractivity contribution in [3.8, 4) is 0 Å². The van der Waals surface area contributed by atoms with E-state index in [1.165, 1.54) is 13.4 Å². The first-order valence-electron chi connectivity index (χ1n) is 5.80. The van der Waals surface area contributed by atoms with E-state index in [1.807, 2.05) is 0 Å². The van der Waals surface area contributed by atoms with Crippen molar-refractivity contribution in [2.24, 2.45) is 5.92 Å². The van der Waals surface area contributed by atoms with Crippen LogP contribution in [0.1, 0.15) is 12.0 Å². The van der Waals surface area contributed by atoms with Crippen molar-refractivity contribution in [1.29, 1.82) is 0 Å². The number of rotatable bonds is 4. The highest BCUT2D eigenvalue weighted by atomic mass is 16.5. The Kier molecular flexibility index (Phi) is 3.86. The normalized spacial score (nSPS) is 19.1. The summed E-state index contributed by atoms with van der Waals surface area (Å²) < 4.78 is 4.66. The molecule has 1 fully saturated rings. The molecule has 1 atom stereocenters. The topological polar surface area (TPSA) is 72.4 Å². The molecule has 18 heavy (non-hydrogen) atoms. The Bertz CT molecular complexity index is 435. The van der Waals surface area contributed by atoms with Gasteiger partial charge in [0.15, 0.2) is 0 Å². The maximum absolute atomic E-state index is 11.7. The second kappa shape index (κ2) is 5.57. The van der Waals surface area contributed by atoms with Gasteiger partial charge in [-0.25, -0.2) is 9.97 Å². The summed E-state index contributed by atoms with van der Waals surface area (Å²) in [6.07, 6.45) is 5.87. The average Bonchev–Trinajstić information content (AvgIpc) is 2.78. The van der Waals surface area contributed by atoms with Crippen molar-refractivity contribution in [3.05, 3.63) is 24.3 Å². The van der Waals surface area contributed by atoms with Crippen molar-refractivity contribution in [2.45, 2.75) is 12.8 Å². The number of aromatic nitrogens is 2. The SMILES string of the molecule is COC(=O)C1CC(=O)N(CCc2cncnc2)C1. The summed E-state index contributed by atoms with van der Waals surface area (Å²) in [7, 11) is 1.34. The molecule has 0 aromatic carbocycles. The molecule has 1 aliphatic heterocycles. The maximum Gasteiger partial charge on any atom is 0.310 e. The van der Waals surface area contributed by atoms with Gasteiger partial charge in [-0.2, -0.15) is 0 Å². The molecule has 0 aliphatic carbocycles. The van der Waals surface area contributed by atoms with Gasteiger partial charge in [0.2, 0.25) is 5.91 Å². The summed E-state index contributed by atoms with van der Waals surface area (Å²) in [4.78, 5) is 32.6. The maximum atomic E-state index is 11.7. The van der Waals surface area contributed by atoms with Crippen LogP contribution in [-0.2, 0) is 20.7 Å². The molecule has 1 aromatic heterocycles. The quantitative estimate of drug-likeness (QED) is 0.704. The number of carbonyl (C=O) groups excluding carboxylic acids is 2. The molecule has 1 unspecified atom stereocenters. The molecule has 96 valence electrons. The Labute approximate surface area is 105 Å². The van der Waals surface area contributed by atoms with Crippen LogP contribution in [0, 0.1) is 5.92 Å². The average molecular weight is 249 g/mol. The van der Waals surface area contributed by atoms with Crippen LogP contribution in [0.2, 0.25) is 0 Å². The monoisotopic (exact) mass is 249 g/mol. The predicted molar refractivity (Wildman–Crippen MR) is 62.4 cm³/mol. The summed E-state index contributed by atoms with van der Waals surface area (Å²) in [6.45, 7) is 1.03. The van der Waals surface area contributed by atoms with E-state index in [4.69, 9.17) is 0 Å². The zero-order valence-electron chi connectivity index (χ0n) is 10.2. The van der Waals surface area contributed by atoms with E-state index in [9.17, 15) is 9.59 Å². The van der Waals surface area contributed by atoms with Crippen molar-refractivity contribution >= 4 is 11.9 Å². The number of hydrogen-bond acceptors (Lipinski definition) is 5. The molecule has 2 rings (SSSR count). The highest BCUT2D eigenvalue weighted by Crippen LogP contribution is 2.19. The van der Waals surface area contributed by atoms with Crippen LogP contribution in [-0.4, -0.2) is 46.9 Å². The molecular weight excluding hydrogens is 234 g/mol.